The molecule has 1 heterocycles. The highest BCUT2D eigenvalue weighted by atomic mass is 16.5. The Bertz CT molecular complexity index is 765. The molecule has 0 unspecified atom stereocenters. The molecule has 0 radical (unpaired) electrons. The highest BCUT2D eigenvalue weighted by molar-refractivity contribution is 5.85. The molecule has 4 N–H and O–H groups in total. The van der Waals surface area contributed by atoms with Gasteiger partial charge in [-0.25, -0.2) is 10.8 Å². The summed E-state index contributed by atoms with van der Waals surface area (Å²) < 4.78 is 10.7. The third-order valence-corrected chi connectivity index (χ3v) is 4.67. The minimum absolute atomic E-state index is 0.0462. The number of aldehydes is 1. The number of carbonyl (C=O) groups excluding carboxylic acids is 2. The van der Waals surface area contributed by atoms with E-state index in [2.05, 4.69) is 24.8 Å². The highest BCUT2D eigenvalue weighted by Crippen LogP contribution is 2.46. The summed E-state index contributed by atoms with van der Waals surface area (Å²) in [5.74, 6) is 6.02. The monoisotopic (exact) mass is 388 g/mol. The number of methoxy groups -OCH3 is 1. The molecule has 8 heteroatoms. The molecular formula is C20H28N4O4. The number of ether oxygens (including phenoxy) is 2. The molecule has 0 amide bonds. The number of carbonyl (C=O) groups is 2. The molecule has 1 aliphatic carbocycles. The number of likely N-dealkylation sites (N-methyl/N-ethyl adjacent to an activating group) is 1. The first kappa shape index (κ1) is 23.0. The Hall–Kier alpha value is -3.05. The second-order valence-corrected chi connectivity index (χ2v) is 7.04. The van der Waals surface area contributed by atoms with Gasteiger partial charge < -0.3 is 20.2 Å². The van der Waals surface area contributed by atoms with Crippen LogP contribution in [0.3, 0.4) is 0 Å². The van der Waals surface area contributed by atoms with Crippen LogP contribution in [0.4, 0.5) is 0 Å². The average molecular weight is 388 g/mol. The first-order valence-electron chi connectivity index (χ1n) is 8.66. The van der Waals surface area contributed by atoms with Gasteiger partial charge in [-0.1, -0.05) is 6.92 Å². The maximum Gasteiger partial charge on any atom is 0.308 e. The molecule has 0 aromatic carbocycles. The van der Waals surface area contributed by atoms with Gasteiger partial charge in [-0.2, -0.15) is 0 Å². The maximum absolute atomic E-state index is 11.5. The normalized spacial score (nSPS) is 21.2. The molecule has 152 valence electrons. The molecule has 28 heavy (non-hydrogen) atoms. The van der Waals surface area contributed by atoms with Crippen LogP contribution in [0.5, 0.6) is 5.75 Å². The second-order valence-electron chi connectivity index (χ2n) is 7.04. The van der Waals surface area contributed by atoms with Gasteiger partial charge in [-0.3, -0.25) is 9.59 Å². The van der Waals surface area contributed by atoms with Crippen LogP contribution in [0.25, 0.3) is 5.70 Å². The van der Waals surface area contributed by atoms with E-state index in [1.807, 2.05) is 0 Å². The standard InChI is InChI=1S/C18H26N4O4.C2H2/c1-11-15(26-10-18(2)7-12(8-18)17(24)25-4)6-5-13(21-11)16(19)14(9-23)22(3)20;1-2/h5-6,9,12H,7-8,10,19-20H2,1-4H3;1-2H/b16-14-;. The Kier molecular flexibility index (Phi) is 8.01. The van der Waals surface area contributed by atoms with Crippen LogP contribution >= 0.6 is 0 Å². The number of pyridine rings is 1. The van der Waals surface area contributed by atoms with Crippen LogP contribution < -0.4 is 16.3 Å². The Morgan fingerprint density at radius 3 is 2.50 bits per heavy atom. The fourth-order valence-electron chi connectivity index (χ4n) is 3.15. The van der Waals surface area contributed by atoms with Crippen LogP contribution in [0.2, 0.25) is 0 Å². The van der Waals surface area contributed by atoms with E-state index in [1.165, 1.54) is 14.2 Å². The third kappa shape index (κ3) is 5.24. The largest absolute Gasteiger partial charge is 0.491 e. The molecule has 0 aliphatic heterocycles. The second kappa shape index (κ2) is 9.76. The minimum Gasteiger partial charge on any atom is -0.491 e. The summed E-state index contributed by atoms with van der Waals surface area (Å²) in [6, 6.07) is 3.45. The van der Waals surface area contributed by atoms with Crippen molar-refractivity contribution < 1.29 is 19.1 Å². The lowest BCUT2D eigenvalue weighted by Gasteiger charge is -2.43. The quantitative estimate of drug-likeness (QED) is 0.179. The highest BCUT2D eigenvalue weighted by Gasteiger charge is 2.45. The van der Waals surface area contributed by atoms with Gasteiger partial charge >= 0.3 is 5.97 Å². The number of hydrogen-bond donors (Lipinski definition) is 2. The van der Waals surface area contributed by atoms with Crippen LogP contribution in [0.1, 0.15) is 31.2 Å². The zero-order valence-corrected chi connectivity index (χ0v) is 16.8. The van der Waals surface area contributed by atoms with Crippen LogP contribution in [-0.4, -0.2) is 43.0 Å². The van der Waals surface area contributed by atoms with Gasteiger partial charge in [0, 0.05) is 12.5 Å². The lowest BCUT2D eigenvalue weighted by Crippen LogP contribution is -2.43. The van der Waals surface area contributed by atoms with E-state index in [1.54, 1.807) is 19.1 Å². The van der Waals surface area contributed by atoms with E-state index < -0.39 is 0 Å². The number of hydrazine groups is 1. The topological polar surface area (TPSA) is 121 Å². The first-order valence-corrected chi connectivity index (χ1v) is 8.66. The van der Waals surface area contributed by atoms with Crippen LogP contribution in [0.15, 0.2) is 17.8 Å². The number of nitrogens with zero attached hydrogens (tertiary/aromatic N) is 2. The number of nitrogens with two attached hydrogens (primary N) is 2. The Morgan fingerprint density at radius 2 is 2.04 bits per heavy atom. The summed E-state index contributed by atoms with van der Waals surface area (Å²) >= 11 is 0. The van der Waals surface area contributed by atoms with Gasteiger partial charge in [-0.15, -0.1) is 12.8 Å². The Balaban J connectivity index is 0.00000190. The molecule has 0 saturated heterocycles. The first-order chi connectivity index (χ1) is 13.2. The van der Waals surface area contributed by atoms with Crippen molar-refractivity contribution in [3.05, 3.63) is 29.2 Å². The van der Waals surface area contributed by atoms with Gasteiger partial charge in [0.1, 0.15) is 11.4 Å². The third-order valence-electron chi connectivity index (χ3n) is 4.67. The van der Waals surface area contributed by atoms with E-state index in [0.29, 0.717) is 30.0 Å². The van der Waals surface area contributed by atoms with Crippen LogP contribution in [-0.2, 0) is 14.3 Å². The molecule has 0 bridgehead atoms. The zero-order chi connectivity index (χ0) is 21.5. The van der Waals surface area contributed by atoms with E-state index in [4.69, 9.17) is 21.1 Å². The number of allylic oxidation sites excluding steroid dienone is 1. The van der Waals surface area contributed by atoms with Gasteiger partial charge in [0.25, 0.3) is 0 Å². The molecule has 1 fully saturated rings. The molecule has 1 saturated carbocycles. The van der Waals surface area contributed by atoms with Crippen LogP contribution in [0, 0.1) is 31.1 Å². The van der Waals surface area contributed by atoms with E-state index >= 15 is 0 Å². The molecule has 2 rings (SSSR count). The Labute approximate surface area is 165 Å². The lowest BCUT2D eigenvalue weighted by atomic mass is 9.63. The number of terminal acetylenes is 1. The van der Waals surface area contributed by atoms with Gasteiger partial charge in [0.2, 0.25) is 0 Å². The number of rotatable bonds is 7. The van der Waals surface area contributed by atoms with Crippen molar-refractivity contribution in [3.8, 4) is 18.6 Å². The summed E-state index contributed by atoms with van der Waals surface area (Å²) in [4.78, 5) is 27.0. The Morgan fingerprint density at radius 1 is 1.43 bits per heavy atom. The molecule has 1 aromatic rings. The lowest BCUT2D eigenvalue weighted by molar-refractivity contribution is -0.154. The fraction of sp³-hybridized carbons (Fsp3) is 0.450. The SMILES string of the molecule is C#C.COC(=O)C1CC(C)(COc2ccc(/C(N)=C(\C=O)N(C)N)nc2C)C1. The summed E-state index contributed by atoms with van der Waals surface area (Å²) in [5, 5.41) is 1.15. The molecule has 0 spiro atoms. The number of aryl methyl sites for hydroxylation is 1. The fourth-order valence-corrected chi connectivity index (χ4v) is 3.15. The van der Waals surface area contributed by atoms with Crippen molar-refractivity contribution in [3.63, 3.8) is 0 Å². The minimum atomic E-state index is -0.164. The average Bonchev–Trinajstić information content (AvgIpc) is 2.65. The van der Waals surface area contributed by atoms with Crippen molar-refractivity contribution in [1.29, 1.82) is 0 Å². The molecular weight excluding hydrogens is 360 g/mol. The van der Waals surface area contributed by atoms with Gasteiger partial charge in [-0.05, 0) is 31.9 Å². The number of aromatic nitrogens is 1. The summed E-state index contributed by atoms with van der Waals surface area (Å²) in [6.45, 7) is 4.37. The number of esters is 1. The zero-order valence-electron chi connectivity index (χ0n) is 16.8. The number of hydrogen-bond acceptors (Lipinski definition) is 8. The van der Waals surface area contributed by atoms with Crippen molar-refractivity contribution in [1.82, 2.24) is 9.99 Å². The molecule has 1 aromatic heterocycles. The smallest absolute Gasteiger partial charge is 0.308 e. The maximum atomic E-state index is 11.5. The van der Waals surface area contributed by atoms with Gasteiger partial charge in [0.15, 0.2) is 6.29 Å². The molecule has 0 atom stereocenters. The van der Waals surface area contributed by atoms with Gasteiger partial charge in [0.05, 0.1) is 36.7 Å². The summed E-state index contributed by atoms with van der Waals surface area (Å²) in [7, 11) is 2.94. The van der Waals surface area contributed by atoms with E-state index in [0.717, 1.165) is 17.9 Å². The van der Waals surface area contributed by atoms with Crippen molar-refractivity contribution in [2.75, 3.05) is 20.8 Å². The van der Waals surface area contributed by atoms with Crippen molar-refractivity contribution in [2.24, 2.45) is 22.9 Å². The summed E-state index contributed by atoms with van der Waals surface area (Å²) in [6.07, 6.45) is 10.1. The predicted octanol–water partition coefficient (Wildman–Crippen LogP) is 1.24. The predicted molar refractivity (Wildman–Crippen MR) is 106 cm³/mol. The van der Waals surface area contributed by atoms with Crippen molar-refractivity contribution in [2.45, 2.75) is 26.7 Å². The van der Waals surface area contributed by atoms with E-state index in [9.17, 15) is 9.59 Å². The molecule has 1 aliphatic rings. The van der Waals surface area contributed by atoms with E-state index in [-0.39, 0.29) is 28.7 Å². The molecule has 8 nitrogen and oxygen atoms in total. The summed E-state index contributed by atoms with van der Waals surface area (Å²) in [5.41, 5.74) is 7.38. The van der Waals surface area contributed by atoms with Crippen molar-refractivity contribution >= 4 is 18.0 Å².